The predicted molar refractivity (Wildman–Crippen MR) is 200 cm³/mol. The van der Waals surface area contributed by atoms with Crippen LogP contribution in [0.1, 0.15) is 19.3 Å². The van der Waals surface area contributed by atoms with Crippen molar-refractivity contribution in [2.75, 3.05) is 55.6 Å². The molecule has 0 aromatic heterocycles. The molecule has 0 spiro atoms. The third-order valence-corrected chi connectivity index (χ3v) is 15.1. The second-order valence-electron chi connectivity index (χ2n) is 7.08. The van der Waals surface area contributed by atoms with Gasteiger partial charge in [-0.25, -0.2) is 9.13 Å². The summed E-state index contributed by atoms with van der Waals surface area (Å²) in [6, 6.07) is 0. The van der Waals surface area contributed by atoms with Crippen LogP contribution in [0.15, 0.2) is 0 Å². The van der Waals surface area contributed by atoms with Gasteiger partial charge in [0, 0.05) is 30.5 Å². The Kier molecular flexibility index (Phi) is 34.9. The van der Waals surface area contributed by atoms with Crippen molar-refractivity contribution in [1.82, 2.24) is 0 Å². The van der Waals surface area contributed by atoms with Gasteiger partial charge in [-0.15, -0.1) is 34.8 Å². The lowest BCUT2D eigenvalue weighted by molar-refractivity contribution is 0.113. The van der Waals surface area contributed by atoms with Crippen LogP contribution in [0.5, 0.6) is 0 Å². The van der Waals surface area contributed by atoms with E-state index in [1.165, 1.54) is 0 Å². The summed E-state index contributed by atoms with van der Waals surface area (Å²) in [6.45, 7) is 1.12. The number of phosphoric ester groups is 2. The highest BCUT2D eigenvalue weighted by molar-refractivity contribution is 9.12. The summed E-state index contributed by atoms with van der Waals surface area (Å²) < 4.78 is 55.6. The number of hydrogen-bond donors (Lipinski definition) is 0. The van der Waals surface area contributed by atoms with Gasteiger partial charge in [-0.05, 0) is 19.3 Å². The average Bonchev–Trinajstić information content (AvgIpc) is 2.88. The smallest absolute Gasteiger partial charge is 0.287 e. The van der Waals surface area contributed by atoms with Crippen LogP contribution in [0.3, 0.4) is 0 Å². The maximum absolute atomic E-state index is 12.5. The Balaban J connectivity index is 0. The van der Waals surface area contributed by atoms with Gasteiger partial charge in [0.25, 0.3) is 0 Å². The van der Waals surface area contributed by atoms with Crippen molar-refractivity contribution >= 4 is 194 Å². The van der Waals surface area contributed by atoms with E-state index >= 15 is 0 Å². The van der Waals surface area contributed by atoms with Crippen molar-refractivity contribution < 1.29 is 36.3 Å². The van der Waals surface area contributed by atoms with Crippen molar-refractivity contribution in [3.63, 3.8) is 0 Å². The molecule has 0 aromatic carbocycles. The summed E-state index contributed by atoms with van der Waals surface area (Å²) >= 11 is 46.7. The second-order valence-corrected chi connectivity index (χ2v) is 22.7. The Morgan fingerprint density at radius 2 is 0.700 bits per heavy atom. The molecule has 0 saturated carbocycles. The largest absolute Gasteiger partial charge is 0.474 e. The first-order valence-electron chi connectivity index (χ1n) is 11.1. The summed E-state index contributed by atoms with van der Waals surface area (Å²) in [5.41, 5.74) is 0. The van der Waals surface area contributed by atoms with Gasteiger partial charge in [0.15, 0.2) is 0 Å². The Bertz CT molecular complexity index is 625. The first-order valence-corrected chi connectivity index (χ1v) is 24.2. The highest BCUT2D eigenvalue weighted by Gasteiger charge is 2.30. The average molecular weight is 1260 g/mol. The Morgan fingerprint density at radius 3 is 0.900 bits per heavy atom. The second kappa shape index (κ2) is 29.3. The molecule has 0 rings (SSSR count). The van der Waals surface area contributed by atoms with Gasteiger partial charge in [0.05, 0.1) is 52.5 Å². The highest BCUT2D eigenvalue weighted by Crippen LogP contribution is 2.51. The SMILES string of the molecule is O=P(OCC(Br)CBr)(OCC(Br)CBr)OCC(Br)CBr.O=P(OCCC(Cl)Br)(OCCC(Cl)Br)OCCC(Cl)Br. The zero-order valence-electron chi connectivity index (χ0n) is 20.6. The fraction of sp³-hybridized carbons (Fsp3) is 1.00. The van der Waals surface area contributed by atoms with E-state index < -0.39 is 15.6 Å². The zero-order chi connectivity index (χ0) is 31.2. The Labute approximate surface area is 327 Å². The van der Waals surface area contributed by atoms with E-state index in [0.717, 1.165) is 0 Å². The molecule has 0 N–H and O–H groups in total. The molecule has 0 aliphatic heterocycles. The molecule has 8 nitrogen and oxygen atoms in total. The van der Waals surface area contributed by atoms with E-state index in [4.69, 9.17) is 61.9 Å². The first kappa shape index (κ1) is 47.5. The molecule has 0 saturated heterocycles. The molecular formula is C18H30Br9Cl3O8P2. The molecule has 0 fully saturated rings. The third kappa shape index (κ3) is 30.7. The Morgan fingerprint density at radius 1 is 0.475 bits per heavy atom. The molecule has 0 aliphatic carbocycles. The van der Waals surface area contributed by atoms with E-state index in [9.17, 15) is 9.13 Å². The molecule has 0 bridgehead atoms. The molecule has 244 valence electrons. The van der Waals surface area contributed by atoms with Crippen LogP contribution in [0, 0.1) is 0 Å². The minimum atomic E-state index is -3.63. The van der Waals surface area contributed by atoms with E-state index in [1.807, 2.05) is 0 Å². The topological polar surface area (TPSA) is 89.5 Å². The van der Waals surface area contributed by atoms with Gasteiger partial charge < -0.3 is 0 Å². The minimum Gasteiger partial charge on any atom is -0.287 e. The summed E-state index contributed by atoms with van der Waals surface area (Å²) in [5.74, 6) is 0. The molecule has 0 heterocycles. The van der Waals surface area contributed by atoms with Crippen LogP contribution in [0.4, 0.5) is 0 Å². The van der Waals surface area contributed by atoms with Crippen molar-refractivity contribution in [3.05, 3.63) is 0 Å². The van der Waals surface area contributed by atoms with Gasteiger partial charge in [-0.2, -0.15) is 0 Å². The fourth-order valence-corrected chi connectivity index (χ4v) is 6.55. The summed E-state index contributed by atoms with van der Waals surface area (Å²) in [6.07, 6.45) is 1.39. The van der Waals surface area contributed by atoms with Gasteiger partial charge in [-0.3, -0.25) is 27.1 Å². The number of rotatable bonds is 24. The molecule has 6 atom stereocenters. The molecular weight excluding hydrogens is 1230 g/mol. The normalized spacial score (nSPS) is 19.3. The molecule has 22 heteroatoms. The lowest BCUT2D eigenvalue weighted by Gasteiger charge is -2.21. The molecule has 40 heavy (non-hydrogen) atoms. The first-order chi connectivity index (χ1) is 18.6. The zero-order valence-corrected chi connectivity index (χ0v) is 39.0. The molecule has 0 aromatic rings. The van der Waals surface area contributed by atoms with Gasteiger partial charge in [0.1, 0.15) is 0 Å². The summed E-state index contributed by atoms with van der Waals surface area (Å²) in [4.78, 5) is 0.111. The Hall–Kier alpha value is 5.41. The van der Waals surface area contributed by atoms with E-state index in [-0.39, 0.29) is 67.0 Å². The maximum Gasteiger partial charge on any atom is 0.474 e. The molecule has 0 amide bonds. The van der Waals surface area contributed by atoms with Gasteiger partial charge >= 0.3 is 15.6 Å². The van der Waals surface area contributed by atoms with Gasteiger partial charge in [-0.1, -0.05) is 143 Å². The number of phosphoric acid groups is 2. The molecule has 0 aliphatic rings. The minimum absolute atomic E-state index is 0.0370. The van der Waals surface area contributed by atoms with Crippen molar-refractivity contribution in [1.29, 1.82) is 0 Å². The van der Waals surface area contributed by atoms with Crippen molar-refractivity contribution in [2.24, 2.45) is 0 Å². The van der Waals surface area contributed by atoms with Crippen LogP contribution >= 0.6 is 194 Å². The van der Waals surface area contributed by atoms with Crippen molar-refractivity contribution in [3.8, 4) is 0 Å². The number of alkyl halides is 12. The van der Waals surface area contributed by atoms with Crippen LogP contribution in [-0.4, -0.2) is 83.0 Å². The maximum atomic E-state index is 12.5. The predicted octanol–water partition coefficient (Wildman–Crippen LogP) is 11.8. The van der Waals surface area contributed by atoms with E-state index in [0.29, 0.717) is 35.3 Å². The van der Waals surface area contributed by atoms with E-state index in [1.54, 1.807) is 0 Å². The number of hydrogen-bond acceptors (Lipinski definition) is 8. The lowest BCUT2D eigenvalue weighted by atomic mass is 10.5. The summed E-state index contributed by atoms with van der Waals surface area (Å²) in [5, 5.41) is 2.04. The lowest BCUT2D eigenvalue weighted by Crippen LogP contribution is -2.17. The van der Waals surface area contributed by atoms with Crippen LogP contribution < -0.4 is 0 Å². The van der Waals surface area contributed by atoms with E-state index in [2.05, 4.69) is 143 Å². The van der Waals surface area contributed by atoms with Gasteiger partial charge in [0.2, 0.25) is 0 Å². The monoisotopic (exact) mass is 1250 g/mol. The standard InChI is InChI=1S/C9H15Br6O4P.C9H15Br3Cl3O4P/c10-1-7(13)4-17-20(16,18-5-8(14)2-11)19-6-9(15)3-12;10-7(13)1-4-17-20(16,18-5-2-8(11)14)19-6-3-9(12)15/h2*7-9H,1-6H2. The highest BCUT2D eigenvalue weighted by atomic mass is 79.9. The fourth-order valence-electron chi connectivity index (χ4n) is 1.63. The van der Waals surface area contributed by atoms with Crippen LogP contribution in [0.2, 0.25) is 0 Å². The molecule has 0 radical (unpaired) electrons. The third-order valence-electron chi connectivity index (χ3n) is 3.50. The van der Waals surface area contributed by atoms with Crippen LogP contribution in [-0.2, 0) is 36.3 Å². The van der Waals surface area contributed by atoms with Crippen molar-refractivity contribution in [2.45, 2.75) is 46.6 Å². The number of halogens is 12. The molecule has 6 unspecified atom stereocenters. The quantitative estimate of drug-likeness (QED) is 0.0698. The summed E-state index contributed by atoms with van der Waals surface area (Å²) in [7, 11) is -7.20. The van der Waals surface area contributed by atoms with Crippen LogP contribution in [0.25, 0.3) is 0 Å².